The van der Waals surface area contributed by atoms with Gasteiger partial charge in [0, 0.05) is 11.3 Å². The van der Waals surface area contributed by atoms with E-state index in [1.165, 1.54) is 19.3 Å². The zero-order valence-electron chi connectivity index (χ0n) is 15.8. The number of carbonyl (C=O) groups is 1. The lowest BCUT2D eigenvalue weighted by atomic mass is 10.2. The molecule has 0 spiro atoms. The lowest BCUT2D eigenvalue weighted by Gasteiger charge is -2.09. The second kappa shape index (κ2) is 11.2. The summed E-state index contributed by atoms with van der Waals surface area (Å²) < 4.78 is 11.2. The minimum Gasteiger partial charge on any atom is -0.494 e. The van der Waals surface area contributed by atoms with Gasteiger partial charge in [-0.2, -0.15) is 0 Å². The van der Waals surface area contributed by atoms with Crippen LogP contribution in [0.3, 0.4) is 0 Å². The van der Waals surface area contributed by atoms with Gasteiger partial charge in [-0.05, 0) is 61.4 Å². The summed E-state index contributed by atoms with van der Waals surface area (Å²) in [6.07, 6.45) is 5.71. The fraction of sp³-hybridized carbons (Fsp3) is 0.409. The average molecular weight is 355 g/mol. The second-order valence-electron chi connectivity index (χ2n) is 6.26. The maximum atomic E-state index is 12.3. The van der Waals surface area contributed by atoms with E-state index < -0.39 is 0 Å². The van der Waals surface area contributed by atoms with E-state index in [-0.39, 0.29) is 5.91 Å². The highest BCUT2D eigenvalue weighted by molar-refractivity contribution is 6.04. The van der Waals surface area contributed by atoms with Gasteiger partial charge in [0.25, 0.3) is 5.91 Å². The number of nitrogens with one attached hydrogen (secondary N) is 1. The van der Waals surface area contributed by atoms with Gasteiger partial charge < -0.3 is 14.8 Å². The highest BCUT2D eigenvalue weighted by Crippen LogP contribution is 2.18. The third-order valence-electron chi connectivity index (χ3n) is 3.97. The summed E-state index contributed by atoms with van der Waals surface area (Å²) in [5.41, 5.74) is 1.35. The quantitative estimate of drug-likeness (QED) is 0.527. The minimum atomic E-state index is -0.139. The van der Waals surface area contributed by atoms with Crippen LogP contribution in [0.25, 0.3) is 0 Å². The number of hydrogen-bond acceptors (Lipinski definition) is 3. The molecule has 0 unspecified atom stereocenters. The van der Waals surface area contributed by atoms with Crippen molar-refractivity contribution in [3.8, 4) is 11.5 Å². The highest BCUT2D eigenvalue weighted by Gasteiger charge is 2.06. The molecule has 4 heteroatoms. The Balaban J connectivity index is 1.81. The number of amides is 1. The number of ether oxygens (including phenoxy) is 2. The maximum absolute atomic E-state index is 12.3. The van der Waals surface area contributed by atoms with E-state index in [9.17, 15) is 4.79 Å². The van der Waals surface area contributed by atoms with Crippen molar-refractivity contribution in [2.75, 3.05) is 18.5 Å². The third kappa shape index (κ3) is 6.79. The predicted molar refractivity (Wildman–Crippen MR) is 106 cm³/mol. The zero-order chi connectivity index (χ0) is 18.6. The first kappa shape index (κ1) is 19.8. The Morgan fingerprint density at radius 2 is 1.38 bits per heavy atom. The molecule has 4 nitrogen and oxygen atoms in total. The van der Waals surface area contributed by atoms with Crippen molar-refractivity contribution in [2.24, 2.45) is 0 Å². The number of rotatable bonds is 11. The van der Waals surface area contributed by atoms with Crippen molar-refractivity contribution in [2.45, 2.75) is 46.0 Å². The summed E-state index contributed by atoms with van der Waals surface area (Å²) >= 11 is 0. The summed E-state index contributed by atoms with van der Waals surface area (Å²) in [5, 5.41) is 2.90. The Hall–Kier alpha value is -2.49. The largest absolute Gasteiger partial charge is 0.494 e. The van der Waals surface area contributed by atoms with Crippen LogP contribution in [-0.4, -0.2) is 19.1 Å². The first-order chi connectivity index (χ1) is 12.7. The van der Waals surface area contributed by atoms with Gasteiger partial charge >= 0.3 is 0 Å². The Kier molecular flexibility index (Phi) is 8.53. The smallest absolute Gasteiger partial charge is 0.255 e. The van der Waals surface area contributed by atoms with Crippen LogP contribution in [0.1, 0.15) is 56.3 Å². The minimum absolute atomic E-state index is 0.139. The SMILES string of the molecule is CCCCCCOc1ccc(NC(=O)c2ccc(OCCC)cc2)cc1. The Morgan fingerprint density at radius 1 is 0.769 bits per heavy atom. The van der Waals surface area contributed by atoms with Crippen LogP contribution in [0.15, 0.2) is 48.5 Å². The molecule has 2 aromatic rings. The van der Waals surface area contributed by atoms with Crippen LogP contribution in [0, 0.1) is 0 Å². The molecular weight excluding hydrogens is 326 g/mol. The highest BCUT2D eigenvalue weighted by atomic mass is 16.5. The number of anilines is 1. The van der Waals surface area contributed by atoms with E-state index in [4.69, 9.17) is 9.47 Å². The van der Waals surface area contributed by atoms with E-state index in [1.54, 1.807) is 12.1 Å². The molecule has 0 bridgehead atoms. The normalized spacial score (nSPS) is 10.4. The van der Waals surface area contributed by atoms with E-state index in [0.29, 0.717) is 12.2 Å². The fourth-order valence-electron chi connectivity index (χ4n) is 2.48. The van der Waals surface area contributed by atoms with Gasteiger partial charge in [0.1, 0.15) is 11.5 Å². The molecule has 0 fully saturated rings. The molecule has 0 aromatic heterocycles. The topological polar surface area (TPSA) is 47.6 Å². The molecular formula is C22H29NO3. The zero-order valence-corrected chi connectivity index (χ0v) is 15.8. The second-order valence-corrected chi connectivity index (χ2v) is 6.26. The lowest BCUT2D eigenvalue weighted by Crippen LogP contribution is -2.11. The van der Waals surface area contributed by atoms with Crippen LogP contribution in [0.5, 0.6) is 11.5 Å². The van der Waals surface area contributed by atoms with Crippen LogP contribution in [-0.2, 0) is 0 Å². The summed E-state index contributed by atoms with van der Waals surface area (Å²) in [5.74, 6) is 1.47. The monoisotopic (exact) mass is 355 g/mol. The molecule has 0 aliphatic carbocycles. The van der Waals surface area contributed by atoms with Crippen molar-refractivity contribution in [3.05, 3.63) is 54.1 Å². The molecule has 140 valence electrons. The standard InChI is InChI=1S/C22H29NO3/c1-3-5-6-7-17-26-21-14-10-19(11-15-21)23-22(24)18-8-12-20(13-9-18)25-16-4-2/h8-15H,3-7,16-17H2,1-2H3,(H,23,24). The Labute approximate surface area is 156 Å². The first-order valence-electron chi connectivity index (χ1n) is 9.50. The van der Waals surface area contributed by atoms with Crippen LogP contribution >= 0.6 is 0 Å². The fourth-order valence-corrected chi connectivity index (χ4v) is 2.48. The Morgan fingerprint density at radius 3 is 2.00 bits per heavy atom. The molecule has 1 amide bonds. The van der Waals surface area contributed by atoms with E-state index in [2.05, 4.69) is 19.2 Å². The third-order valence-corrected chi connectivity index (χ3v) is 3.97. The molecule has 0 atom stereocenters. The summed E-state index contributed by atoms with van der Waals surface area (Å²) in [4.78, 5) is 12.3. The molecule has 26 heavy (non-hydrogen) atoms. The molecule has 1 N–H and O–H groups in total. The molecule has 0 heterocycles. The van der Waals surface area contributed by atoms with E-state index in [1.807, 2.05) is 36.4 Å². The molecule has 0 saturated heterocycles. The van der Waals surface area contributed by atoms with E-state index in [0.717, 1.165) is 36.6 Å². The van der Waals surface area contributed by atoms with Crippen molar-refractivity contribution >= 4 is 11.6 Å². The van der Waals surface area contributed by atoms with Gasteiger partial charge in [0.05, 0.1) is 13.2 Å². The maximum Gasteiger partial charge on any atom is 0.255 e. The first-order valence-corrected chi connectivity index (χ1v) is 9.50. The van der Waals surface area contributed by atoms with Crippen LogP contribution in [0.4, 0.5) is 5.69 Å². The molecule has 2 rings (SSSR count). The van der Waals surface area contributed by atoms with Crippen molar-refractivity contribution in [1.29, 1.82) is 0 Å². The average Bonchev–Trinajstić information content (AvgIpc) is 2.68. The molecule has 0 aliphatic heterocycles. The van der Waals surface area contributed by atoms with Gasteiger partial charge in [0.2, 0.25) is 0 Å². The Bertz CT molecular complexity index is 650. The summed E-state index contributed by atoms with van der Waals surface area (Å²) in [7, 11) is 0. The number of benzene rings is 2. The van der Waals surface area contributed by atoms with Crippen molar-refractivity contribution in [1.82, 2.24) is 0 Å². The van der Waals surface area contributed by atoms with E-state index >= 15 is 0 Å². The number of unbranched alkanes of at least 4 members (excludes halogenated alkanes) is 3. The van der Waals surface area contributed by atoms with Gasteiger partial charge in [-0.15, -0.1) is 0 Å². The number of hydrogen-bond donors (Lipinski definition) is 1. The van der Waals surface area contributed by atoms with Crippen molar-refractivity contribution < 1.29 is 14.3 Å². The molecule has 0 saturated carbocycles. The van der Waals surface area contributed by atoms with Gasteiger partial charge in [-0.25, -0.2) is 0 Å². The molecule has 0 aliphatic rings. The predicted octanol–water partition coefficient (Wildman–Crippen LogP) is 5.69. The molecule has 0 radical (unpaired) electrons. The number of carbonyl (C=O) groups excluding carboxylic acids is 1. The summed E-state index contributed by atoms with van der Waals surface area (Å²) in [6.45, 7) is 5.67. The van der Waals surface area contributed by atoms with Crippen LogP contribution in [0.2, 0.25) is 0 Å². The van der Waals surface area contributed by atoms with Crippen molar-refractivity contribution in [3.63, 3.8) is 0 Å². The molecule has 2 aromatic carbocycles. The van der Waals surface area contributed by atoms with Crippen LogP contribution < -0.4 is 14.8 Å². The van der Waals surface area contributed by atoms with Gasteiger partial charge in [-0.1, -0.05) is 33.1 Å². The van der Waals surface area contributed by atoms with Gasteiger partial charge in [0.15, 0.2) is 0 Å². The van der Waals surface area contributed by atoms with Gasteiger partial charge in [-0.3, -0.25) is 4.79 Å². The lowest BCUT2D eigenvalue weighted by molar-refractivity contribution is 0.102. The summed E-state index contributed by atoms with van der Waals surface area (Å²) in [6, 6.07) is 14.7.